The number of hydrogen-bond acceptors (Lipinski definition) is 4. The van der Waals surface area contributed by atoms with Crippen LogP contribution in [0, 0.1) is 5.41 Å². The highest BCUT2D eigenvalue weighted by Gasteiger charge is 2.34. The molecular formula is C21H35N3O3. The summed E-state index contributed by atoms with van der Waals surface area (Å²) in [5.74, 6) is 0.797. The van der Waals surface area contributed by atoms with Gasteiger partial charge in [0.05, 0.1) is 19.8 Å². The molecule has 0 radical (unpaired) electrons. The van der Waals surface area contributed by atoms with Crippen LogP contribution in [0.25, 0.3) is 0 Å². The zero-order chi connectivity index (χ0) is 19.4. The Kier molecular flexibility index (Phi) is 9.59. The number of hydrogen-bond donors (Lipinski definition) is 3. The first kappa shape index (κ1) is 21.7. The third kappa shape index (κ3) is 7.13. The van der Waals surface area contributed by atoms with Gasteiger partial charge in [0.25, 0.3) is 0 Å². The molecule has 0 bridgehead atoms. The van der Waals surface area contributed by atoms with Gasteiger partial charge < -0.3 is 25.2 Å². The molecule has 6 heteroatoms. The summed E-state index contributed by atoms with van der Waals surface area (Å²) >= 11 is 0. The van der Waals surface area contributed by atoms with Gasteiger partial charge in [-0.2, -0.15) is 0 Å². The van der Waals surface area contributed by atoms with Crippen LogP contribution in [0.2, 0.25) is 0 Å². The van der Waals surface area contributed by atoms with Crippen LogP contribution >= 0.6 is 0 Å². The molecule has 1 heterocycles. The van der Waals surface area contributed by atoms with Crippen molar-refractivity contribution in [3.05, 3.63) is 35.4 Å². The molecule has 1 aliphatic rings. The van der Waals surface area contributed by atoms with Crippen molar-refractivity contribution in [2.75, 3.05) is 39.5 Å². The summed E-state index contributed by atoms with van der Waals surface area (Å²) < 4.78 is 11.3. The van der Waals surface area contributed by atoms with Crippen LogP contribution in [0.3, 0.4) is 0 Å². The fourth-order valence-electron chi connectivity index (χ4n) is 3.27. The minimum Gasteiger partial charge on any atom is -0.396 e. The van der Waals surface area contributed by atoms with Crippen molar-refractivity contribution in [1.82, 2.24) is 10.6 Å². The smallest absolute Gasteiger partial charge is 0.191 e. The van der Waals surface area contributed by atoms with E-state index < -0.39 is 0 Å². The Morgan fingerprint density at radius 2 is 2.07 bits per heavy atom. The minimum atomic E-state index is -0.00313. The van der Waals surface area contributed by atoms with Gasteiger partial charge in [-0.25, -0.2) is 4.99 Å². The molecule has 1 aliphatic heterocycles. The summed E-state index contributed by atoms with van der Waals surface area (Å²) in [7, 11) is 0. The number of aliphatic imine (C=N–C) groups is 1. The van der Waals surface area contributed by atoms with Gasteiger partial charge in [0.15, 0.2) is 5.96 Å². The molecule has 3 N–H and O–H groups in total. The standard InChI is InChI=1S/C21H35N3O3/c1-3-12-26-15-19-8-6-5-7-18(19)14-23-20(22-4-2)24-16-21(9-11-25)10-13-27-17-21/h5-8,25H,3-4,9-17H2,1-2H3,(H2,22,23,24). The summed E-state index contributed by atoms with van der Waals surface area (Å²) in [6, 6.07) is 8.30. The van der Waals surface area contributed by atoms with E-state index in [2.05, 4.69) is 36.6 Å². The van der Waals surface area contributed by atoms with E-state index in [1.165, 1.54) is 11.1 Å². The number of ether oxygens (including phenoxy) is 2. The van der Waals surface area contributed by atoms with E-state index in [1.54, 1.807) is 0 Å². The molecule has 1 aromatic rings. The maximum Gasteiger partial charge on any atom is 0.191 e. The van der Waals surface area contributed by atoms with E-state index in [0.29, 0.717) is 19.8 Å². The van der Waals surface area contributed by atoms with Crippen LogP contribution in [-0.4, -0.2) is 50.6 Å². The molecule has 0 aromatic heterocycles. The molecule has 0 saturated carbocycles. The van der Waals surface area contributed by atoms with Crippen molar-refractivity contribution in [2.45, 2.75) is 46.3 Å². The highest BCUT2D eigenvalue weighted by atomic mass is 16.5. The van der Waals surface area contributed by atoms with Crippen LogP contribution in [0.1, 0.15) is 44.2 Å². The third-order valence-corrected chi connectivity index (χ3v) is 4.93. The number of rotatable bonds is 11. The summed E-state index contributed by atoms with van der Waals surface area (Å²) in [4.78, 5) is 4.76. The van der Waals surface area contributed by atoms with Crippen LogP contribution in [0.15, 0.2) is 29.3 Å². The van der Waals surface area contributed by atoms with Crippen molar-refractivity contribution in [1.29, 1.82) is 0 Å². The number of aliphatic hydroxyl groups excluding tert-OH is 1. The average Bonchev–Trinajstić information content (AvgIpc) is 3.14. The quantitative estimate of drug-likeness (QED) is 0.314. The van der Waals surface area contributed by atoms with Crippen LogP contribution < -0.4 is 10.6 Å². The molecule has 1 saturated heterocycles. The fraction of sp³-hybridized carbons (Fsp3) is 0.667. The van der Waals surface area contributed by atoms with Gasteiger partial charge >= 0.3 is 0 Å². The van der Waals surface area contributed by atoms with Gasteiger partial charge in [-0.3, -0.25) is 0 Å². The first-order valence-corrected chi connectivity index (χ1v) is 10.1. The molecule has 0 spiro atoms. The number of nitrogens with zero attached hydrogens (tertiary/aromatic N) is 1. The maximum absolute atomic E-state index is 9.39. The van der Waals surface area contributed by atoms with E-state index in [0.717, 1.165) is 51.5 Å². The summed E-state index contributed by atoms with van der Waals surface area (Å²) in [6.07, 6.45) is 2.74. The molecule has 1 atom stereocenters. The molecule has 6 nitrogen and oxygen atoms in total. The van der Waals surface area contributed by atoms with E-state index in [-0.39, 0.29) is 12.0 Å². The number of benzene rings is 1. The molecule has 1 unspecified atom stereocenters. The molecule has 0 amide bonds. The molecular weight excluding hydrogens is 342 g/mol. The van der Waals surface area contributed by atoms with E-state index in [4.69, 9.17) is 14.5 Å². The molecule has 1 fully saturated rings. The van der Waals surface area contributed by atoms with Crippen molar-refractivity contribution in [2.24, 2.45) is 10.4 Å². The SMILES string of the molecule is CCCOCc1ccccc1CN=C(NCC)NCC1(CCO)CCOC1. The summed E-state index contributed by atoms with van der Waals surface area (Å²) in [5.41, 5.74) is 2.36. The lowest BCUT2D eigenvalue weighted by Gasteiger charge is -2.27. The first-order chi connectivity index (χ1) is 13.2. The van der Waals surface area contributed by atoms with Gasteiger partial charge in [0.2, 0.25) is 0 Å². The summed E-state index contributed by atoms with van der Waals surface area (Å²) in [6.45, 7) is 9.37. The van der Waals surface area contributed by atoms with Gasteiger partial charge in [-0.1, -0.05) is 31.2 Å². The second-order valence-electron chi connectivity index (χ2n) is 7.15. The normalized spacial score (nSPS) is 20.0. The van der Waals surface area contributed by atoms with Gasteiger partial charge in [0, 0.05) is 38.3 Å². The van der Waals surface area contributed by atoms with Crippen molar-refractivity contribution >= 4 is 5.96 Å². The van der Waals surface area contributed by atoms with Crippen LogP contribution in [0.5, 0.6) is 0 Å². The highest BCUT2D eigenvalue weighted by molar-refractivity contribution is 5.79. The molecule has 2 rings (SSSR count). The topological polar surface area (TPSA) is 75.1 Å². The van der Waals surface area contributed by atoms with Crippen molar-refractivity contribution in [3.8, 4) is 0 Å². The second kappa shape index (κ2) is 12.0. The zero-order valence-corrected chi connectivity index (χ0v) is 16.8. The molecule has 0 aliphatic carbocycles. The Morgan fingerprint density at radius 1 is 1.26 bits per heavy atom. The Balaban J connectivity index is 1.98. The molecule has 27 heavy (non-hydrogen) atoms. The second-order valence-corrected chi connectivity index (χ2v) is 7.15. The minimum absolute atomic E-state index is 0.00313. The average molecular weight is 378 g/mol. The molecule has 152 valence electrons. The lowest BCUT2D eigenvalue weighted by atomic mass is 9.84. The van der Waals surface area contributed by atoms with E-state index in [9.17, 15) is 5.11 Å². The van der Waals surface area contributed by atoms with Crippen molar-refractivity contribution < 1.29 is 14.6 Å². The lowest BCUT2D eigenvalue weighted by molar-refractivity contribution is 0.121. The monoisotopic (exact) mass is 377 g/mol. The largest absolute Gasteiger partial charge is 0.396 e. The number of guanidine groups is 1. The van der Waals surface area contributed by atoms with Crippen LogP contribution in [-0.2, 0) is 22.6 Å². The Bertz CT molecular complexity index is 572. The van der Waals surface area contributed by atoms with E-state index >= 15 is 0 Å². The summed E-state index contributed by atoms with van der Waals surface area (Å²) in [5, 5.41) is 16.1. The fourth-order valence-corrected chi connectivity index (χ4v) is 3.27. The van der Waals surface area contributed by atoms with Gasteiger partial charge in [0.1, 0.15) is 0 Å². The predicted molar refractivity (Wildman–Crippen MR) is 109 cm³/mol. The predicted octanol–water partition coefficient (Wildman–Crippen LogP) is 2.46. The van der Waals surface area contributed by atoms with Gasteiger partial charge in [-0.05, 0) is 37.3 Å². The Labute approximate surface area is 163 Å². The lowest BCUT2D eigenvalue weighted by Crippen LogP contribution is -2.44. The Morgan fingerprint density at radius 3 is 2.74 bits per heavy atom. The number of nitrogens with one attached hydrogen (secondary N) is 2. The molecule has 1 aromatic carbocycles. The number of aliphatic hydroxyl groups is 1. The zero-order valence-electron chi connectivity index (χ0n) is 16.8. The van der Waals surface area contributed by atoms with E-state index in [1.807, 2.05) is 12.1 Å². The third-order valence-electron chi connectivity index (χ3n) is 4.93. The Hall–Kier alpha value is -1.63. The highest BCUT2D eigenvalue weighted by Crippen LogP contribution is 2.31. The van der Waals surface area contributed by atoms with Crippen LogP contribution in [0.4, 0.5) is 0 Å². The first-order valence-electron chi connectivity index (χ1n) is 10.1. The van der Waals surface area contributed by atoms with Crippen molar-refractivity contribution in [3.63, 3.8) is 0 Å². The maximum atomic E-state index is 9.39. The van der Waals surface area contributed by atoms with Gasteiger partial charge in [-0.15, -0.1) is 0 Å².